The Morgan fingerprint density at radius 3 is 2.78 bits per heavy atom. The van der Waals surface area contributed by atoms with Gasteiger partial charge in [-0.15, -0.1) is 10.2 Å². The Bertz CT molecular complexity index is 643. The molecule has 0 radical (unpaired) electrons. The van der Waals surface area contributed by atoms with Gasteiger partial charge < -0.3 is 4.90 Å². The zero-order valence-electron chi connectivity index (χ0n) is 13.4. The second-order valence-electron chi connectivity index (χ2n) is 5.91. The molecule has 122 valence electrons. The normalized spacial score (nSPS) is 18.9. The van der Waals surface area contributed by atoms with E-state index in [1.165, 1.54) is 22.6 Å². The fourth-order valence-electron chi connectivity index (χ4n) is 2.89. The van der Waals surface area contributed by atoms with Crippen LogP contribution in [0, 0.1) is 6.92 Å². The van der Waals surface area contributed by atoms with Crippen molar-refractivity contribution in [1.29, 1.82) is 0 Å². The fraction of sp³-hybridized carbons (Fsp3) is 0.438. The number of carbonyl (C=O) groups excluding carboxylic acids is 1. The Labute approximate surface area is 140 Å². The van der Waals surface area contributed by atoms with Gasteiger partial charge in [-0.25, -0.2) is 0 Å². The summed E-state index contributed by atoms with van der Waals surface area (Å²) in [4.78, 5) is 16.6. The summed E-state index contributed by atoms with van der Waals surface area (Å²) in [7, 11) is 0. The Morgan fingerprint density at radius 1 is 1.35 bits per heavy atom. The molecule has 23 heavy (non-hydrogen) atoms. The fourth-order valence-corrected chi connectivity index (χ4v) is 3.35. The summed E-state index contributed by atoms with van der Waals surface area (Å²) in [6.07, 6.45) is 0. The van der Waals surface area contributed by atoms with Gasteiger partial charge in [0.25, 0.3) is 0 Å². The van der Waals surface area contributed by atoms with E-state index in [0.29, 0.717) is 17.7 Å². The SMILES string of the molecule is Cc1ccc(N2CCN(CC(=O)Nc3nncs3)CC2C)cc1. The number of aryl methyl sites for hydroxylation is 1. The summed E-state index contributed by atoms with van der Waals surface area (Å²) < 4.78 is 0. The van der Waals surface area contributed by atoms with Gasteiger partial charge in [-0.3, -0.25) is 15.0 Å². The molecule has 1 atom stereocenters. The van der Waals surface area contributed by atoms with Gasteiger partial charge in [0, 0.05) is 31.4 Å². The van der Waals surface area contributed by atoms with Crippen LogP contribution in [0.4, 0.5) is 10.8 Å². The number of nitrogens with zero attached hydrogens (tertiary/aromatic N) is 4. The van der Waals surface area contributed by atoms with Crippen LogP contribution in [0.25, 0.3) is 0 Å². The van der Waals surface area contributed by atoms with Crippen LogP contribution in [0.2, 0.25) is 0 Å². The van der Waals surface area contributed by atoms with Gasteiger partial charge in [-0.05, 0) is 26.0 Å². The number of benzene rings is 1. The van der Waals surface area contributed by atoms with Crippen LogP contribution in [-0.4, -0.2) is 53.2 Å². The lowest BCUT2D eigenvalue weighted by molar-refractivity contribution is -0.117. The van der Waals surface area contributed by atoms with E-state index in [0.717, 1.165) is 19.6 Å². The van der Waals surface area contributed by atoms with Crippen LogP contribution < -0.4 is 10.2 Å². The number of rotatable bonds is 4. The molecule has 1 unspecified atom stereocenters. The quantitative estimate of drug-likeness (QED) is 0.928. The van der Waals surface area contributed by atoms with Crippen LogP contribution in [0.1, 0.15) is 12.5 Å². The number of nitrogens with one attached hydrogen (secondary N) is 1. The minimum Gasteiger partial charge on any atom is -0.366 e. The van der Waals surface area contributed by atoms with Crippen molar-refractivity contribution >= 4 is 28.1 Å². The summed E-state index contributed by atoms with van der Waals surface area (Å²) in [5, 5.41) is 10.9. The smallest absolute Gasteiger partial charge is 0.240 e. The summed E-state index contributed by atoms with van der Waals surface area (Å²) in [6, 6.07) is 9.00. The van der Waals surface area contributed by atoms with Crippen molar-refractivity contribution < 1.29 is 4.79 Å². The van der Waals surface area contributed by atoms with E-state index >= 15 is 0 Å². The molecule has 2 aromatic rings. The Morgan fingerprint density at radius 2 is 2.13 bits per heavy atom. The predicted molar refractivity (Wildman–Crippen MR) is 93.0 cm³/mol. The third kappa shape index (κ3) is 4.05. The van der Waals surface area contributed by atoms with Crippen LogP contribution >= 0.6 is 11.3 Å². The number of anilines is 2. The first-order valence-corrected chi connectivity index (χ1v) is 8.61. The highest BCUT2D eigenvalue weighted by molar-refractivity contribution is 7.13. The van der Waals surface area contributed by atoms with E-state index in [1.54, 1.807) is 5.51 Å². The molecule has 1 aromatic heterocycles. The van der Waals surface area contributed by atoms with Crippen LogP contribution in [-0.2, 0) is 4.79 Å². The number of aromatic nitrogens is 2. The maximum Gasteiger partial charge on any atom is 0.240 e. The number of piperazine rings is 1. The predicted octanol–water partition coefficient (Wildman–Crippen LogP) is 2.00. The summed E-state index contributed by atoms with van der Waals surface area (Å²) >= 11 is 1.33. The first-order valence-electron chi connectivity index (χ1n) is 7.73. The number of hydrogen-bond donors (Lipinski definition) is 1. The maximum absolute atomic E-state index is 12.0. The largest absolute Gasteiger partial charge is 0.366 e. The first-order chi connectivity index (χ1) is 11.1. The molecule has 6 nitrogen and oxygen atoms in total. The number of carbonyl (C=O) groups is 1. The minimum absolute atomic E-state index is 0.0299. The molecular formula is C16H21N5OS. The Balaban J connectivity index is 1.53. The molecule has 3 rings (SSSR count). The van der Waals surface area contributed by atoms with Gasteiger partial charge >= 0.3 is 0 Å². The van der Waals surface area contributed by atoms with Gasteiger partial charge in [-0.1, -0.05) is 29.0 Å². The second kappa shape index (κ2) is 7.06. The highest BCUT2D eigenvalue weighted by atomic mass is 32.1. The van der Waals surface area contributed by atoms with Crippen LogP contribution in [0.15, 0.2) is 29.8 Å². The van der Waals surface area contributed by atoms with E-state index in [4.69, 9.17) is 0 Å². The zero-order chi connectivity index (χ0) is 16.2. The van der Waals surface area contributed by atoms with E-state index in [1.807, 2.05) is 0 Å². The molecule has 0 aliphatic carbocycles. The third-order valence-corrected chi connectivity index (χ3v) is 4.66. The van der Waals surface area contributed by atoms with Crippen molar-refractivity contribution in [2.45, 2.75) is 19.9 Å². The molecule has 1 amide bonds. The number of hydrogen-bond acceptors (Lipinski definition) is 6. The molecule has 0 bridgehead atoms. The Hall–Kier alpha value is -1.99. The molecule has 7 heteroatoms. The Kier molecular flexibility index (Phi) is 4.88. The lowest BCUT2D eigenvalue weighted by atomic mass is 10.1. The lowest BCUT2D eigenvalue weighted by Gasteiger charge is -2.41. The monoisotopic (exact) mass is 331 g/mol. The summed E-state index contributed by atoms with van der Waals surface area (Å²) in [5.74, 6) is -0.0299. The summed E-state index contributed by atoms with van der Waals surface area (Å²) in [5.41, 5.74) is 4.13. The van der Waals surface area contributed by atoms with E-state index in [2.05, 4.69) is 63.4 Å². The average Bonchev–Trinajstić information content (AvgIpc) is 3.01. The third-order valence-electron chi connectivity index (χ3n) is 4.05. The molecule has 1 aliphatic rings. The first kappa shape index (κ1) is 15.9. The van der Waals surface area contributed by atoms with Crippen LogP contribution in [0.3, 0.4) is 0 Å². The van der Waals surface area contributed by atoms with Gasteiger partial charge in [0.1, 0.15) is 5.51 Å². The van der Waals surface area contributed by atoms with Crippen molar-refractivity contribution in [3.8, 4) is 0 Å². The highest BCUT2D eigenvalue weighted by Crippen LogP contribution is 2.21. The second-order valence-corrected chi connectivity index (χ2v) is 6.74. The molecule has 0 spiro atoms. The molecule has 0 saturated carbocycles. The average molecular weight is 331 g/mol. The van der Waals surface area contributed by atoms with E-state index in [9.17, 15) is 4.79 Å². The topological polar surface area (TPSA) is 61.4 Å². The van der Waals surface area contributed by atoms with Gasteiger partial charge in [0.2, 0.25) is 11.0 Å². The van der Waals surface area contributed by atoms with Crippen molar-refractivity contribution in [1.82, 2.24) is 15.1 Å². The standard InChI is InChI=1S/C16H21N5OS/c1-12-3-5-14(6-4-12)21-8-7-20(9-13(21)2)10-15(22)18-16-19-17-11-23-16/h3-6,11,13H,7-10H2,1-2H3,(H,18,19,22). The van der Waals surface area contributed by atoms with Gasteiger partial charge in [0.15, 0.2) is 0 Å². The van der Waals surface area contributed by atoms with Crippen molar-refractivity contribution in [3.63, 3.8) is 0 Å². The minimum atomic E-state index is -0.0299. The van der Waals surface area contributed by atoms with E-state index in [-0.39, 0.29) is 5.91 Å². The molecular weight excluding hydrogens is 310 g/mol. The lowest BCUT2D eigenvalue weighted by Crippen LogP contribution is -2.53. The molecule has 1 fully saturated rings. The summed E-state index contributed by atoms with van der Waals surface area (Å²) in [6.45, 7) is 7.37. The van der Waals surface area contributed by atoms with Gasteiger partial charge in [-0.2, -0.15) is 0 Å². The maximum atomic E-state index is 12.0. The number of amides is 1. The van der Waals surface area contributed by atoms with Crippen molar-refractivity contribution in [2.75, 3.05) is 36.4 Å². The molecule has 1 N–H and O–H groups in total. The molecule has 1 saturated heterocycles. The van der Waals surface area contributed by atoms with E-state index < -0.39 is 0 Å². The molecule has 2 heterocycles. The van der Waals surface area contributed by atoms with Gasteiger partial charge in [0.05, 0.1) is 6.54 Å². The zero-order valence-corrected chi connectivity index (χ0v) is 14.2. The molecule has 1 aromatic carbocycles. The van der Waals surface area contributed by atoms with Crippen LogP contribution in [0.5, 0.6) is 0 Å². The highest BCUT2D eigenvalue weighted by Gasteiger charge is 2.25. The van der Waals surface area contributed by atoms with Crippen molar-refractivity contribution in [3.05, 3.63) is 35.3 Å². The van der Waals surface area contributed by atoms with Crippen molar-refractivity contribution in [2.24, 2.45) is 0 Å². The molecule has 1 aliphatic heterocycles.